The molecule has 0 atom stereocenters. The van der Waals surface area contributed by atoms with Crippen LogP contribution in [0.1, 0.15) is 36.3 Å². The fourth-order valence-electron chi connectivity index (χ4n) is 2.27. The molecule has 1 aliphatic rings. The Kier molecular flexibility index (Phi) is 4.68. The van der Waals surface area contributed by atoms with Crippen molar-refractivity contribution in [3.05, 3.63) is 16.1 Å². The molecular formula is C13H19NO2S. The van der Waals surface area contributed by atoms with E-state index in [2.05, 4.69) is 4.98 Å². The van der Waals surface area contributed by atoms with Crippen LogP contribution < -0.4 is 0 Å². The van der Waals surface area contributed by atoms with Crippen LogP contribution in [0.25, 0.3) is 0 Å². The van der Waals surface area contributed by atoms with E-state index in [1.165, 1.54) is 17.7 Å². The van der Waals surface area contributed by atoms with Gasteiger partial charge in [-0.15, -0.1) is 11.3 Å². The number of aromatic nitrogens is 1. The molecule has 1 aromatic rings. The maximum atomic E-state index is 11.7. The van der Waals surface area contributed by atoms with Crippen molar-refractivity contribution in [2.75, 3.05) is 13.2 Å². The molecule has 0 aromatic carbocycles. The molecule has 3 nitrogen and oxygen atoms in total. The van der Waals surface area contributed by atoms with Crippen LogP contribution in [-0.2, 0) is 16.0 Å². The normalized spacial score (nSPS) is 16.5. The Bertz CT molecular complexity index is 369. The van der Waals surface area contributed by atoms with Crippen LogP contribution in [0, 0.1) is 12.8 Å². The number of hydrogen-bond donors (Lipinski definition) is 0. The molecule has 1 fully saturated rings. The number of ether oxygens (including phenoxy) is 1. The molecule has 0 aliphatic heterocycles. The van der Waals surface area contributed by atoms with Crippen LogP contribution in [0.5, 0.6) is 0 Å². The quantitative estimate of drug-likeness (QED) is 0.732. The lowest BCUT2D eigenvalue weighted by Gasteiger charge is -2.08. The van der Waals surface area contributed by atoms with Crippen molar-refractivity contribution in [1.29, 1.82) is 0 Å². The number of carbonyl (C=O) groups is 1. The molecular weight excluding hydrogens is 234 g/mol. The first-order valence-corrected chi connectivity index (χ1v) is 7.15. The largest absolute Gasteiger partial charge is 0.373 e. The number of ketones is 1. The van der Waals surface area contributed by atoms with Gasteiger partial charge in [-0.05, 0) is 19.8 Å². The van der Waals surface area contributed by atoms with Gasteiger partial charge < -0.3 is 4.74 Å². The lowest BCUT2D eigenvalue weighted by atomic mass is 10.0. The molecule has 1 saturated carbocycles. The van der Waals surface area contributed by atoms with Gasteiger partial charge in [0.15, 0.2) is 5.78 Å². The summed E-state index contributed by atoms with van der Waals surface area (Å²) < 4.78 is 5.47. The first-order chi connectivity index (χ1) is 8.27. The minimum absolute atomic E-state index is 0.278. The molecule has 1 aliphatic carbocycles. The van der Waals surface area contributed by atoms with Crippen molar-refractivity contribution in [2.24, 2.45) is 5.92 Å². The van der Waals surface area contributed by atoms with Crippen LogP contribution in [-0.4, -0.2) is 24.0 Å². The summed E-state index contributed by atoms with van der Waals surface area (Å²) in [4.78, 5) is 17.2. The Morgan fingerprint density at radius 2 is 2.29 bits per heavy atom. The van der Waals surface area contributed by atoms with Crippen LogP contribution in [0.15, 0.2) is 5.51 Å². The van der Waals surface area contributed by atoms with Crippen molar-refractivity contribution in [2.45, 2.75) is 39.0 Å². The number of thiazole rings is 1. The van der Waals surface area contributed by atoms with Gasteiger partial charge in [0.05, 0.1) is 17.8 Å². The van der Waals surface area contributed by atoms with Crippen LogP contribution >= 0.6 is 11.3 Å². The van der Waals surface area contributed by atoms with Crippen molar-refractivity contribution in [3.63, 3.8) is 0 Å². The Morgan fingerprint density at radius 1 is 1.53 bits per heavy atom. The van der Waals surface area contributed by atoms with Crippen molar-refractivity contribution < 1.29 is 9.53 Å². The molecule has 0 spiro atoms. The molecule has 0 saturated heterocycles. The van der Waals surface area contributed by atoms with Gasteiger partial charge in [-0.3, -0.25) is 4.79 Å². The second-order valence-corrected chi connectivity index (χ2v) is 5.55. The fourth-order valence-corrected chi connectivity index (χ4v) is 3.03. The zero-order valence-corrected chi connectivity index (χ0v) is 11.1. The smallest absolute Gasteiger partial charge is 0.161 e. The van der Waals surface area contributed by atoms with Crippen molar-refractivity contribution >= 4 is 17.1 Å². The minimum Gasteiger partial charge on any atom is -0.373 e. The molecule has 0 bridgehead atoms. The lowest BCUT2D eigenvalue weighted by Crippen LogP contribution is -2.18. The van der Waals surface area contributed by atoms with Gasteiger partial charge in [0.25, 0.3) is 0 Å². The Morgan fingerprint density at radius 3 is 2.94 bits per heavy atom. The maximum absolute atomic E-state index is 11.7. The molecule has 1 aromatic heterocycles. The highest BCUT2D eigenvalue weighted by Gasteiger charge is 2.22. The Hall–Kier alpha value is -0.740. The topological polar surface area (TPSA) is 39.2 Å². The summed E-state index contributed by atoms with van der Waals surface area (Å²) in [6.45, 7) is 2.93. The van der Waals surface area contributed by atoms with Gasteiger partial charge in [-0.25, -0.2) is 4.98 Å². The standard InChI is InChI=1S/C13H19NO2S/c1-10-13(17-9-14-10)6-7-16-8-12(15)11-4-2-3-5-11/h9,11H,2-8H2,1H3. The Labute approximate surface area is 106 Å². The zero-order valence-electron chi connectivity index (χ0n) is 10.3. The van der Waals surface area contributed by atoms with E-state index in [1.807, 2.05) is 12.4 Å². The van der Waals surface area contributed by atoms with Gasteiger partial charge in [0.2, 0.25) is 0 Å². The summed E-state index contributed by atoms with van der Waals surface area (Å²) in [7, 11) is 0. The summed E-state index contributed by atoms with van der Waals surface area (Å²) in [6, 6.07) is 0. The summed E-state index contributed by atoms with van der Waals surface area (Å²) in [5.41, 5.74) is 2.94. The number of hydrogen-bond acceptors (Lipinski definition) is 4. The highest BCUT2D eigenvalue weighted by atomic mass is 32.1. The van der Waals surface area contributed by atoms with Crippen LogP contribution in [0.4, 0.5) is 0 Å². The number of aryl methyl sites for hydroxylation is 1. The second-order valence-electron chi connectivity index (χ2n) is 4.61. The summed E-state index contributed by atoms with van der Waals surface area (Å²) in [5.74, 6) is 0.573. The number of rotatable bonds is 6. The molecule has 0 N–H and O–H groups in total. The molecule has 4 heteroatoms. The number of carbonyl (C=O) groups excluding carboxylic acids is 1. The Balaban J connectivity index is 1.63. The first kappa shape index (κ1) is 12.7. The summed E-state index contributed by atoms with van der Waals surface area (Å²) in [5, 5.41) is 0. The van der Waals surface area contributed by atoms with E-state index in [4.69, 9.17) is 4.74 Å². The monoisotopic (exact) mass is 253 g/mol. The number of nitrogens with zero attached hydrogens (tertiary/aromatic N) is 1. The first-order valence-electron chi connectivity index (χ1n) is 6.27. The van der Waals surface area contributed by atoms with E-state index >= 15 is 0 Å². The molecule has 1 heterocycles. The van der Waals surface area contributed by atoms with Crippen LogP contribution in [0.3, 0.4) is 0 Å². The summed E-state index contributed by atoms with van der Waals surface area (Å²) in [6.07, 6.45) is 5.41. The third-order valence-corrected chi connectivity index (χ3v) is 4.37. The predicted octanol–water partition coefficient (Wildman–Crippen LogP) is 2.77. The fraction of sp³-hybridized carbons (Fsp3) is 0.692. The van der Waals surface area contributed by atoms with Gasteiger partial charge in [-0.1, -0.05) is 12.8 Å². The SMILES string of the molecule is Cc1ncsc1CCOCC(=O)C1CCCC1. The molecule has 0 unspecified atom stereocenters. The zero-order chi connectivity index (χ0) is 12.1. The average molecular weight is 253 g/mol. The molecule has 0 amide bonds. The average Bonchev–Trinajstić information content (AvgIpc) is 2.96. The summed E-state index contributed by atoms with van der Waals surface area (Å²) >= 11 is 1.66. The highest BCUT2D eigenvalue weighted by molar-refractivity contribution is 7.09. The number of Topliss-reactive ketones (excluding diaryl/α,β-unsaturated/α-hetero) is 1. The van der Waals surface area contributed by atoms with E-state index < -0.39 is 0 Å². The van der Waals surface area contributed by atoms with Crippen molar-refractivity contribution in [1.82, 2.24) is 4.98 Å². The van der Waals surface area contributed by atoms with E-state index in [9.17, 15) is 4.79 Å². The van der Waals surface area contributed by atoms with Gasteiger partial charge in [0, 0.05) is 17.2 Å². The van der Waals surface area contributed by atoms with Crippen molar-refractivity contribution in [3.8, 4) is 0 Å². The molecule has 94 valence electrons. The molecule has 0 radical (unpaired) electrons. The molecule has 2 rings (SSSR count). The van der Waals surface area contributed by atoms with E-state index in [1.54, 1.807) is 11.3 Å². The third-order valence-electron chi connectivity index (χ3n) is 3.37. The second kappa shape index (κ2) is 6.26. The highest BCUT2D eigenvalue weighted by Crippen LogP contribution is 2.25. The van der Waals surface area contributed by atoms with E-state index in [0.717, 1.165) is 25.0 Å². The minimum atomic E-state index is 0.278. The van der Waals surface area contributed by atoms with E-state index in [-0.39, 0.29) is 5.92 Å². The maximum Gasteiger partial charge on any atom is 0.161 e. The predicted molar refractivity (Wildman–Crippen MR) is 68.3 cm³/mol. The lowest BCUT2D eigenvalue weighted by molar-refractivity contribution is -0.127. The van der Waals surface area contributed by atoms with E-state index in [0.29, 0.717) is 19.0 Å². The molecule has 17 heavy (non-hydrogen) atoms. The third kappa shape index (κ3) is 3.61. The van der Waals surface area contributed by atoms with Crippen LogP contribution in [0.2, 0.25) is 0 Å². The van der Waals surface area contributed by atoms with Gasteiger partial charge >= 0.3 is 0 Å². The van der Waals surface area contributed by atoms with Gasteiger partial charge in [-0.2, -0.15) is 0 Å². The van der Waals surface area contributed by atoms with Gasteiger partial charge in [0.1, 0.15) is 6.61 Å².